The van der Waals surface area contributed by atoms with E-state index < -0.39 is 23.6 Å². The largest absolute Gasteiger partial charge is 0.465 e. The lowest BCUT2D eigenvalue weighted by Gasteiger charge is -2.43. The number of carbonyl (C=O) groups excluding carboxylic acids is 1. The third kappa shape index (κ3) is 3.80. The van der Waals surface area contributed by atoms with Gasteiger partial charge >= 0.3 is 12.1 Å². The van der Waals surface area contributed by atoms with Gasteiger partial charge in [-0.2, -0.15) is 0 Å². The van der Waals surface area contributed by atoms with Crippen molar-refractivity contribution in [2.24, 2.45) is 10.8 Å². The molecule has 2 N–H and O–H groups in total. The van der Waals surface area contributed by atoms with Crippen LogP contribution in [0, 0.1) is 10.8 Å². The average Bonchev–Trinajstić information content (AvgIpc) is 2.39. The molecule has 126 valence electrons. The van der Waals surface area contributed by atoms with Gasteiger partial charge in [-0.3, -0.25) is 4.79 Å². The lowest BCUT2D eigenvalue weighted by Crippen LogP contribution is -2.56. The summed E-state index contributed by atoms with van der Waals surface area (Å²) < 4.78 is 5.56. The summed E-state index contributed by atoms with van der Waals surface area (Å²) in [6, 6.07) is 0. The highest BCUT2D eigenvalue weighted by molar-refractivity contribution is 5.79. The van der Waals surface area contributed by atoms with Crippen LogP contribution in [0.3, 0.4) is 0 Å². The smallest absolute Gasteiger partial charge is 0.407 e. The van der Waals surface area contributed by atoms with Crippen molar-refractivity contribution >= 4 is 12.1 Å². The highest BCUT2D eigenvalue weighted by Gasteiger charge is 2.50. The number of aliphatic hydroxyl groups is 1. The molecule has 1 fully saturated rings. The summed E-state index contributed by atoms with van der Waals surface area (Å²) in [5.74, 6) is -0.479. The molecule has 1 amide bonds. The van der Waals surface area contributed by atoms with Crippen molar-refractivity contribution in [3.05, 3.63) is 12.7 Å². The van der Waals surface area contributed by atoms with E-state index in [4.69, 9.17) is 9.84 Å². The summed E-state index contributed by atoms with van der Waals surface area (Å²) in [4.78, 5) is 24.8. The second-order valence-electron chi connectivity index (χ2n) is 7.06. The lowest BCUT2D eigenvalue weighted by molar-refractivity contribution is -0.178. The molecule has 1 aliphatic heterocycles. The van der Waals surface area contributed by atoms with Gasteiger partial charge in [-0.1, -0.05) is 26.8 Å². The van der Waals surface area contributed by atoms with E-state index in [1.54, 1.807) is 6.08 Å². The molecule has 0 saturated carbocycles. The number of carboxylic acid groups (broad SMARTS) is 1. The monoisotopic (exact) mass is 313 g/mol. The number of esters is 1. The Labute approximate surface area is 131 Å². The predicted molar refractivity (Wildman–Crippen MR) is 82.5 cm³/mol. The Morgan fingerprint density at radius 3 is 2.50 bits per heavy atom. The molecule has 0 aromatic rings. The van der Waals surface area contributed by atoms with E-state index in [2.05, 4.69) is 6.58 Å². The molecule has 1 aliphatic rings. The first-order chi connectivity index (χ1) is 10.0. The summed E-state index contributed by atoms with van der Waals surface area (Å²) in [5.41, 5.74) is -1.33. The highest BCUT2D eigenvalue weighted by Crippen LogP contribution is 2.38. The fourth-order valence-electron chi connectivity index (χ4n) is 2.42. The maximum atomic E-state index is 12.7. The van der Waals surface area contributed by atoms with Crippen molar-refractivity contribution in [1.82, 2.24) is 4.90 Å². The minimum Gasteiger partial charge on any atom is -0.465 e. The molecule has 6 heteroatoms. The Hall–Kier alpha value is -1.56. The molecule has 0 radical (unpaired) electrons. The number of allylic oxidation sites excluding steroid dienone is 1. The van der Waals surface area contributed by atoms with E-state index >= 15 is 0 Å². The minimum absolute atomic E-state index is 0.0951. The molecular weight excluding hydrogens is 286 g/mol. The topological polar surface area (TPSA) is 87.1 Å². The van der Waals surface area contributed by atoms with Gasteiger partial charge < -0.3 is 19.8 Å². The predicted octanol–water partition coefficient (Wildman–Crippen LogP) is 2.27. The summed E-state index contributed by atoms with van der Waals surface area (Å²) in [6.45, 7) is 11.5. The number of rotatable bonds is 4. The molecule has 0 aromatic heterocycles. The molecule has 0 aliphatic carbocycles. The molecule has 0 bridgehead atoms. The van der Waals surface area contributed by atoms with Crippen LogP contribution in [-0.4, -0.2) is 52.5 Å². The van der Waals surface area contributed by atoms with Crippen LogP contribution in [0.4, 0.5) is 4.79 Å². The van der Waals surface area contributed by atoms with Gasteiger partial charge in [-0.05, 0) is 25.2 Å². The number of likely N-dealkylation sites (tertiary alicyclic amines) is 1. The number of hydrogen-bond donors (Lipinski definition) is 2. The lowest BCUT2D eigenvalue weighted by atomic mass is 9.73. The number of β-amino-alcohol motifs (C(OH)–C–C–N with tert-alkyl or cyclic N) is 1. The number of aliphatic hydroxyl groups excluding tert-OH is 1. The number of amides is 1. The first kappa shape index (κ1) is 18.5. The molecule has 1 heterocycles. The van der Waals surface area contributed by atoms with Gasteiger partial charge in [0.15, 0.2) is 0 Å². The van der Waals surface area contributed by atoms with Crippen LogP contribution < -0.4 is 0 Å². The standard InChI is InChI=1S/C16H27NO5/c1-6-7-16(13(19)22-11(2)15(3,4)5)8-9-17(14(20)21)10-12(16)18/h6,11-12,18H,1,7-10H2,2-5H3,(H,20,21)/t11-,12?,16?/m1/s1. The summed E-state index contributed by atoms with van der Waals surface area (Å²) in [5, 5.41) is 19.4. The molecule has 0 aromatic carbocycles. The number of piperidine rings is 1. The van der Waals surface area contributed by atoms with Crippen LogP contribution in [-0.2, 0) is 9.53 Å². The SMILES string of the molecule is C=CCC1(C(=O)O[C@H](C)C(C)(C)C)CCN(C(=O)O)CC1O. The number of nitrogens with zero attached hydrogens (tertiary/aromatic N) is 1. The molecule has 1 rings (SSSR count). The van der Waals surface area contributed by atoms with E-state index in [1.165, 1.54) is 0 Å². The second-order valence-corrected chi connectivity index (χ2v) is 7.06. The Morgan fingerprint density at radius 2 is 2.09 bits per heavy atom. The van der Waals surface area contributed by atoms with Crippen LogP contribution in [0.1, 0.15) is 40.5 Å². The second kappa shape index (κ2) is 6.69. The quantitative estimate of drug-likeness (QED) is 0.614. The Bertz CT molecular complexity index is 442. The van der Waals surface area contributed by atoms with Gasteiger partial charge in [0.2, 0.25) is 0 Å². The first-order valence-electron chi connectivity index (χ1n) is 7.52. The van der Waals surface area contributed by atoms with Crippen LogP contribution >= 0.6 is 0 Å². The third-order valence-electron chi connectivity index (χ3n) is 4.55. The number of ether oxygens (including phenoxy) is 1. The van der Waals surface area contributed by atoms with Crippen molar-refractivity contribution in [1.29, 1.82) is 0 Å². The minimum atomic E-state index is -1.12. The van der Waals surface area contributed by atoms with Gasteiger partial charge in [0.05, 0.1) is 12.6 Å². The van der Waals surface area contributed by atoms with Crippen molar-refractivity contribution < 1.29 is 24.5 Å². The molecule has 22 heavy (non-hydrogen) atoms. The Kier molecular flexibility index (Phi) is 5.62. The van der Waals surface area contributed by atoms with Crippen LogP contribution in [0.2, 0.25) is 0 Å². The summed E-state index contributed by atoms with van der Waals surface area (Å²) in [6.07, 6.45) is -0.452. The van der Waals surface area contributed by atoms with E-state index in [9.17, 15) is 14.7 Å². The maximum absolute atomic E-state index is 12.7. The molecule has 6 nitrogen and oxygen atoms in total. The summed E-state index contributed by atoms with van der Waals surface area (Å²) in [7, 11) is 0. The molecule has 2 unspecified atom stereocenters. The van der Waals surface area contributed by atoms with Crippen molar-refractivity contribution in [3.8, 4) is 0 Å². The highest BCUT2D eigenvalue weighted by atomic mass is 16.5. The average molecular weight is 313 g/mol. The van der Waals surface area contributed by atoms with Crippen molar-refractivity contribution in [2.45, 2.75) is 52.7 Å². The fourth-order valence-corrected chi connectivity index (χ4v) is 2.42. The number of carbonyl (C=O) groups is 2. The zero-order valence-electron chi connectivity index (χ0n) is 13.8. The molecular formula is C16H27NO5. The van der Waals surface area contributed by atoms with Gasteiger partial charge in [0, 0.05) is 6.54 Å². The zero-order valence-corrected chi connectivity index (χ0v) is 13.8. The fraction of sp³-hybridized carbons (Fsp3) is 0.750. The maximum Gasteiger partial charge on any atom is 0.407 e. The number of hydrogen-bond acceptors (Lipinski definition) is 4. The van der Waals surface area contributed by atoms with Crippen LogP contribution in [0.5, 0.6) is 0 Å². The summed E-state index contributed by atoms with van der Waals surface area (Å²) >= 11 is 0. The third-order valence-corrected chi connectivity index (χ3v) is 4.55. The molecule has 0 spiro atoms. The van der Waals surface area contributed by atoms with Crippen molar-refractivity contribution in [2.75, 3.05) is 13.1 Å². The molecule has 3 atom stereocenters. The van der Waals surface area contributed by atoms with Crippen LogP contribution in [0.15, 0.2) is 12.7 Å². The van der Waals surface area contributed by atoms with Gasteiger partial charge in [0.25, 0.3) is 0 Å². The zero-order chi connectivity index (χ0) is 17.1. The van der Waals surface area contributed by atoms with Gasteiger partial charge in [0.1, 0.15) is 11.5 Å². The van der Waals surface area contributed by atoms with Gasteiger partial charge in [-0.15, -0.1) is 6.58 Å². The first-order valence-corrected chi connectivity index (χ1v) is 7.52. The van der Waals surface area contributed by atoms with E-state index in [0.717, 1.165) is 4.90 Å². The Balaban J connectivity index is 2.94. The van der Waals surface area contributed by atoms with Gasteiger partial charge in [-0.25, -0.2) is 4.79 Å². The van der Waals surface area contributed by atoms with E-state index in [-0.39, 0.29) is 37.5 Å². The van der Waals surface area contributed by atoms with E-state index in [1.807, 2.05) is 27.7 Å². The van der Waals surface area contributed by atoms with Crippen molar-refractivity contribution in [3.63, 3.8) is 0 Å². The normalized spacial score (nSPS) is 27.1. The Morgan fingerprint density at radius 1 is 1.50 bits per heavy atom. The van der Waals surface area contributed by atoms with E-state index in [0.29, 0.717) is 0 Å². The van der Waals surface area contributed by atoms with Crippen LogP contribution in [0.25, 0.3) is 0 Å². The molecule has 1 saturated heterocycles.